The minimum absolute atomic E-state index is 0.0274. The summed E-state index contributed by atoms with van der Waals surface area (Å²) in [5.41, 5.74) is 2.09. The van der Waals surface area contributed by atoms with Crippen LogP contribution in [0.4, 0.5) is 0 Å². The molecule has 4 heteroatoms. The number of hydrogen-bond donors (Lipinski definition) is 1. The first-order valence-electron chi connectivity index (χ1n) is 5.81. The van der Waals surface area contributed by atoms with E-state index in [-0.39, 0.29) is 12.0 Å². The molecular weight excluding hydrogens is 232 g/mol. The van der Waals surface area contributed by atoms with Gasteiger partial charge in [0.25, 0.3) is 0 Å². The molecule has 0 atom stereocenters. The smallest absolute Gasteiger partial charge is 0.104 e. The molecule has 2 aromatic rings. The van der Waals surface area contributed by atoms with E-state index in [1.54, 1.807) is 17.5 Å². The lowest BCUT2D eigenvalue weighted by molar-refractivity contribution is 0.272. The maximum absolute atomic E-state index is 9.11. The van der Waals surface area contributed by atoms with Crippen LogP contribution < -0.4 is 0 Å². The SMILES string of the molecule is OCc1csc(C2(c3cccnc3)CCC2)n1. The van der Waals surface area contributed by atoms with Crippen LogP contribution in [0.5, 0.6) is 0 Å². The monoisotopic (exact) mass is 246 g/mol. The Morgan fingerprint density at radius 3 is 2.82 bits per heavy atom. The molecule has 0 spiro atoms. The predicted octanol–water partition coefficient (Wildman–Crippen LogP) is 2.50. The van der Waals surface area contributed by atoms with Gasteiger partial charge >= 0.3 is 0 Å². The van der Waals surface area contributed by atoms with Gasteiger partial charge in [0.2, 0.25) is 0 Å². The number of aromatic nitrogens is 2. The van der Waals surface area contributed by atoms with Gasteiger partial charge in [-0.05, 0) is 24.5 Å². The summed E-state index contributed by atoms with van der Waals surface area (Å²) in [7, 11) is 0. The van der Waals surface area contributed by atoms with Gasteiger partial charge in [-0.25, -0.2) is 4.98 Å². The van der Waals surface area contributed by atoms with Crippen molar-refractivity contribution in [2.45, 2.75) is 31.3 Å². The Bertz CT molecular complexity index is 505. The van der Waals surface area contributed by atoms with Crippen molar-refractivity contribution in [2.24, 2.45) is 0 Å². The second-order valence-corrected chi connectivity index (χ2v) is 5.34. The van der Waals surface area contributed by atoms with E-state index in [1.165, 1.54) is 12.0 Å². The second kappa shape index (κ2) is 4.20. The molecule has 0 saturated heterocycles. The Kier molecular flexibility index (Phi) is 2.68. The van der Waals surface area contributed by atoms with Crippen molar-refractivity contribution in [1.82, 2.24) is 9.97 Å². The highest BCUT2D eigenvalue weighted by Gasteiger charge is 2.42. The third-order valence-electron chi connectivity index (χ3n) is 3.54. The quantitative estimate of drug-likeness (QED) is 0.905. The summed E-state index contributed by atoms with van der Waals surface area (Å²) in [6.07, 6.45) is 7.26. The minimum Gasteiger partial charge on any atom is -0.390 e. The molecule has 1 saturated carbocycles. The fourth-order valence-corrected chi connectivity index (χ4v) is 3.49. The Balaban J connectivity index is 2.02. The van der Waals surface area contributed by atoms with E-state index in [0.717, 1.165) is 23.5 Å². The third kappa shape index (κ3) is 1.68. The fourth-order valence-electron chi connectivity index (χ4n) is 2.40. The Morgan fingerprint density at radius 1 is 1.41 bits per heavy atom. The standard InChI is InChI=1S/C13H14N2OS/c16-8-11-9-17-12(15-11)13(4-2-5-13)10-3-1-6-14-7-10/h1,3,6-7,9,16H,2,4-5,8H2. The van der Waals surface area contributed by atoms with Crippen LogP contribution in [0.15, 0.2) is 29.9 Å². The van der Waals surface area contributed by atoms with Crippen molar-refractivity contribution in [1.29, 1.82) is 0 Å². The summed E-state index contributed by atoms with van der Waals surface area (Å²) in [6, 6.07) is 4.11. The van der Waals surface area contributed by atoms with E-state index in [2.05, 4.69) is 16.0 Å². The zero-order valence-electron chi connectivity index (χ0n) is 9.47. The van der Waals surface area contributed by atoms with Crippen molar-refractivity contribution in [3.63, 3.8) is 0 Å². The van der Waals surface area contributed by atoms with Crippen LogP contribution >= 0.6 is 11.3 Å². The Morgan fingerprint density at radius 2 is 2.29 bits per heavy atom. The number of nitrogens with zero attached hydrogens (tertiary/aromatic N) is 2. The molecule has 1 aliphatic carbocycles. The van der Waals surface area contributed by atoms with Crippen LogP contribution in [0, 0.1) is 0 Å². The average Bonchev–Trinajstić information content (AvgIpc) is 2.78. The second-order valence-electron chi connectivity index (χ2n) is 4.48. The largest absolute Gasteiger partial charge is 0.390 e. The molecule has 0 bridgehead atoms. The van der Waals surface area contributed by atoms with Gasteiger partial charge in [0.05, 0.1) is 12.3 Å². The molecule has 3 rings (SSSR count). The van der Waals surface area contributed by atoms with Gasteiger partial charge in [-0.15, -0.1) is 11.3 Å². The number of pyridine rings is 1. The Labute approximate surface area is 104 Å². The van der Waals surface area contributed by atoms with Crippen molar-refractivity contribution >= 4 is 11.3 Å². The summed E-state index contributed by atoms with van der Waals surface area (Å²) in [4.78, 5) is 8.75. The Hall–Kier alpha value is -1.26. The highest BCUT2D eigenvalue weighted by atomic mass is 32.1. The zero-order valence-corrected chi connectivity index (χ0v) is 10.3. The number of rotatable bonds is 3. The van der Waals surface area contributed by atoms with Gasteiger partial charge < -0.3 is 5.11 Å². The molecule has 0 aromatic carbocycles. The van der Waals surface area contributed by atoms with Crippen LogP contribution in [-0.4, -0.2) is 15.1 Å². The van der Waals surface area contributed by atoms with Crippen LogP contribution in [-0.2, 0) is 12.0 Å². The summed E-state index contributed by atoms with van der Waals surface area (Å²) >= 11 is 1.65. The molecular formula is C13H14N2OS. The molecule has 0 aliphatic heterocycles. The van der Waals surface area contributed by atoms with Crippen LogP contribution in [0.25, 0.3) is 0 Å². The molecule has 1 aliphatic rings. The summed E-state index contributed by atoms with van der Waals surface area (Å²) in [5, 5.41) is 12.2. The number of hydrogen-bond acceptors (Lipinski definition) is 4. The van der Waals surface area contributed by atoms with Crippen LogP contribution in [0.1, 0.15) is 35.5 Å². The molecule has 2 aromatic heterocycles. The van der Waals surface area contributed by atoms with Crippen molar-refractivity contribution in [2.75, 3.05) is 0 Å². The summed E-state index contributed by atoms with van der Waals surface area (Å²) in [6.45, 7) is 0.0274. The van der Waals surface area contributed by atoms with E-state index in [0.29, 0.717) is 0 Å². The van der Waals surface area contributed by atoms with Gasteiger partial charge in [-0.1, -0.05) is 12.5 Å². The van der Waals surface area contributed by atoms with E-state index in [1.807, 2.05) is 17.6 Å². The first kappa shape index (κ1) is 10.9. The van der Waals surface area contributed by atoms with E-state index in [4.69, 9.17) is 5.11 Å². The van der Waals surface area contributed by atoms with Crippen molar-refractivity contribution in [3.05, 3.63) is 46.2 Å². The minimum atomic E-state index is 0.0274. The molecule has 88 valence electrons. The molecule has 2 heterocycles. The van der Waals surface area contributed by atoms with Crippen LogP contribution in [0.3, 0.4) is 0 Å². The first-order chi connectivity index (χ1) is 8.35. The molecule has 0 radical (unpaired) electrons. The third-order valence-corrected chi connectivity index (χ3v) is 4.64. The molecule has 0 amide bonds. The average molecular weight is 246 g/mol. The highest BCUT2D eigenvalue weighted by Crippen LogP contribution is 2.49. The summed E-state index contributed by atoms with van der Waals surface area (Å²) in [5.74, 6) is 0. The van der Waals surface area contributed by atoms with Crippen LogP contribution in [0.2, 0.25) is 0 Å². The summed E-state index contributed by atoms with van der Waals surface area (Å²) < 4.78 is 0. The van der Waals surface area contributed by atoms with Crippen molar-refractivity contribution < 1.29 is 5.11 Å². The van der Waals surface area contributed by atoms with E-state index < -0.39 is 0 Å². The number of aliphatic hydroxyl groups is 1. The normalized spacial score (nSPS) is 17.7. The van der Waals surface area contributed by atoms with Gasteiger partial charge in [0, 0.05) is 23.2 Å². The molecule has 0 unspecified atom stereocenters. The molecule has 1 fully saturated rings. The lowest BCUT2D eigenvalue weighted by Gasteiger charge is -2.40. The van der Waals surface area contributed by atoms with Gasteiger partial charge in [-0.2, -0.15) is 0 Å². The zero-order chi connectivity index (χ0) is 11.7. The van der Waals surface area contributed by atoms with Gasteiger partial charge in [0.1, 0.15) is 5.01 Å². The molecule has 3 nitrogen and oxygen atoms in total. The van der Waals surface area contributed by atoms with Crippen molar-refractivity contribution in [3.8, 4) is 0 Å². The van der Waals surface area contributed by atoms with E-state index >= 15 is 0 Å². The van der Waals surface area contributed by atoms with E-state index in [9.17, 15) is 0 Å². The lowest BCUT2D eigenvalue weighted by atomic mass is 9.65. The topological polar surface area (TPSA) is 46.0 Å². The highest BCUT2D eigenvalue weighted by molar-refractivity contribution is 7.09. The van der Waals surface area contributed by atoms with Gasteiger partial charge in [0.15, 0.2) is 0 Å². The maximum atomic E-state index is 9.11. The molecule has 1 N–H and O–H groups in total. The molecule has 17 heavy (non-hydrogen) atoms. The van der Waals surface area contributed by atoms with Gasteiger partial charge in [-0.3, -0.25) is 4.98 Å². The predicted molar refractivity (Wildman–Crippen MR) is 66.9 cm³/mol. The number of aliphatic hydroxyl groups excluding tert-OH is 1. The fraction of sp³-hybridized carbons (Fsp3) is 0.385. The number of thiazole rings is 1. The first-order valence-corrected chi connectivity index (χ1v) is 6.69. The maximum Gasteiger partial charge on any atom is 0.104 e. The lowest BCUT2D eigenvalue weighted by Crippen LogP contribution is -2.35.